The average molecular weight is 389 g/mol. The van der Waals surface area contributed by atoms with Crippen LogP contribution in [0.2, 0.25) is 10.0 Å². The topological polar surface area (TPSA) is 55.1 Å². The zero-order valence-corrected chi connectivity index (χ0v) is 14.1. The number of anilines is 1. The highest BCUT2D eigenvalue weighted by Crippen LogP contribution is 2.37. The smallest absolute Gasteiger partial charge is 0.417 e. The van der Waals surface area contributed by atoms with E-state index in [4.69, 9.17) is 27.6 Å². The van der Waals surface area contributed by atoms with Crippen molar-refractivity contribution < 1.29 is 22.4 Å². The maximum Gasteiger partial charge on any atom is 0.417 e. The summed E-state index contributed by atoms with van der Waals surface area (Å²) in [7, 11) is 0. The largest absolute Gasteiger partial charge is 0.441 e. The Kier molecular flexibility index (Phi) is 4.38. The third-order valence-electron chi connectivity index (χ3n) is 3.38. The van der Waals surface area contributed by atoms with Gasteiger partial charge in [-0.15, -0.1) is 0 Å². The summed E-state index contributed by atoms with van der Waals surface area (Å²) < 4.78 is 44.1. The number of aryl methyl sites for hydroxylation is 1. The van der Waals surface area contributed by atoms with Gasteiger partial charge in [-0.2, -0.15) is 13.2 Å². The fourth-order valence-corrected chi connectivity index (χ4v) is 2.80. The third kappa shape index (κ3) is 3.43. The van der Waals surface area contributed by atoms with Gasteiger partial charge in [-0.3, -0.25) is 4.79 Å². The van der Waals surface area contributed by atoms with Crippen LogP contribution in [0.4, 0.5) is 18.9 Å². The van der Waals surface area contributed by atoms with Gasteiger partial charge < -0.3 is 9.73 Å². The van der Waals surface area contributed by atoms with Crippen molar-refractivity contribution in [3.8, 4) is 0 Å². The van der Waals surface area contributed by atoms with Crippen molar-refractivity contribution in [2.45, 2.75) is 13.1 Å². The molecule has 3 aromatic rings. The van der Waals surface area contributed by atoms with Gasteiger partial charge in [-0.05, 0) is 18.2 Å². The maximum atomic E-state index is 12.9. The quantitative estimate of drug-likeness (QED) is 0.611. The van der Waals surface area contributed by atoms with Crippen molar-refractivity contribution in [2.24, 2.45) is 0 Å². The highest BCUT2D eigenvalue weighted by molar-refractivity contribution is 6.36. The monoisotopic (exact) mass is 388 g/mol. The molecule has 1 amide bonds. The van der Waals surface area contributed by atoms with E-state index in [0.29, 0.717) is 17.0 Å². The van der Waals surface area contributed by atoms with Gasteiger partial charge in [-0.1, -0.05) is 29.3 Å². The first-order chi connectivity index (χ1) is 11.7. The molecule has 1 N–H and O–H groups in total. The minimum absolute atomic E-state index is 0.164. The van der Waals surface area contributed by atoms with E-state index in [1.54, 1.807) is 6.92 Å². The summed E-state index contributed by atoms with van der Waals surface area (Å²) in [6, 6.07) is 6.02. The van der Waals surface area contributed by atoms with Crippen LogP contribution < -0.4 is 5.32 Å². The maximum absolute atomic E-state index is 12.9. The standard InChI is InChI=1S/C16H9Cl2F3N2O2/c1-7-22-12-5-10(17)11(6-13(12)25-7)23-15(24)8-3-2-4-9(14(8)18)16(19,20)21/h2-6H,1H3,(H,23,24). The van der Waals surface area contributed by atoms with Gasteiger partial charge in [0.2, 0.25) is 0 Å². The number of benzene rings is 2. The van der Waals surface area contributed by atoms with E-state index in [1.165, 1.54) is 18.2 Å². The highest BCUT2D eigenvalue weighted by atomic mass is 35.5. The molecule has 0 fully saturated rings. The second-order valence-corrected chi connectivity index (χ2v) is 5.94. The molecule has 3 rings (SSSR count). The van der Waals surface area contributed by atoms with Crippen LogP contribution >= 0.6 is 23.2 Å². The van der Waals surface area contributed by atoms with Crippen molar-refractivity contribution in [3.05, 3.63) is 57.4 Å². The summed E-state index contributed by atoms with van der Waals surface area (Å²) in [6.45, 7) is 1.65. The van der Waals surface area contributed by atoms with Crippen molar-refractivity contribution >= 4 is 45.9 Å². The second kappa shape index (κ2) is 6.24. The van der Waals surface area contributed by atoms with E-state index in [0.717, 1.165) is 12.1 Å². The van der Waals surface area contributed by atoms with Crippen molar-refractivity contribution in [1.82, 2.24) is 4.98 Å². The molecule has 0 saturated heterocycles. The van der Waals surface area contributed by atoms with Crippen LogP contribution in [-0.2, 0) is 6.18 Å². The Balaban J connectivity index is 1.97. The number of hydrogen-bond donors (Lipinski definition) is 1. The minimum Gasteiger partial charge on any atom is -0.441 e. The van der Waals surface area contributed by atoms with Gasteiger partial charge in [-0.25, -0.2) is 4.98 Å². The van der Waals surface area contributed by atoms with Crippen LogP contribution in [0.25, 0.3) is 11.1 Å². The second-order valence-electron chi connectivity index (χ2n) is 5.15. The SMILES string of the molecule is Cc1nc2cc(Cl)c(NC(=O)c3cccc(C(F)(F)F)c3Cl)cc2o1. The summed E-state index contributed by atoms with van der Waals surface area (Å²) in [4.78, 5) is 16.4. The molecule has 0 spiro atoms. The Labute approximate surface area is 149 Å². The molecule has 2 aromatic carbocycles. The van der Waals surface area contributed by atoms with E-state index < -0.39 is 22.7 Å². The minimum atomic E-state index is -4.67. The Morgan fingerprint density at radius 3 is 2.64 bits per heavy atom. The molecule has 0 radical (unpaired) electrons. The summed E-state index contributed by atoms with van der Waals surface area (Å²) in [6.07, 6.45) is -4.67. The van der Waals surface area contributed by atoms with E-state index in [1.807, 2.05) is 0 Å². The Hall–Kier alpha value is -2.25. The summed E-state index contributed by atoms with van der Waals surface area (Å²) in [5.74, 6) is -0.413. The molecule has 130 valence electrons. The number of rotatable bonds is 2. The summed E-state index contributed by atoms with van der Waals surface area (Å²) >= 11 is 11.8. The predicted octanol–water partition coefficient (Wildman–Crippen LogP) is 5.71. The molecule has 0 saturated carbocycles. The lowest BCUT2D eigenvalue weighted by Gasteiger charge is -2.13. The molecule has 0 aliphatic heterocycles. The zero-order chi connectivity index (χ0) is 18.4. The number of nitrogens with one attached hydrogen (secondary N) is 1. The molecule has 1 aromatic heterocycles. The number of carbonyl (C=O) groups excluding carboxylic acids is 1. The molecule has 9 heteroatoms. The van der Waals surface area contributed by atoms with E-state index >= 15 is 0 Å². The van der Waals surface area contributed by atoms with Gasteiger partial charge in [0.25, 0.3) is 5.91 Å². The van der Waals surface area contributed by atoms with Crippen molar-refractivity contribution in [1.29, 1.82) is 0 Å². The number of oxazole rings is 1. The van der Waals surface area contributed by atoms with Crippen LogP contribution in [0.3, 0.4) is 0 Å². The van der Waals surface area contributed by atoms with Gasteiger partial charge >= 0.3 is 6.18 Å². The number of fused-ring (bicyclic) bond motifs is 1. The number of nitrogens with zero attached hydrogens (tertiary/aromatic N) is 1. The Morgan fingerprint density at radius 1 is 1.24 bits per heavy atom. The van der Waals surface area contributed by atoms with Crippen LogP contribution in [0, 0.1) is 6.92 Å². The van der Waals surface area contributed by atoms with Crippen LogP contribution in [0.15, 0.2) is 34.7 Å². The first-order valence-corrected chi connectivity index (χ1v) is 7.66. The fourth-order valence-electron chi connectivity index (χ4n) is 2.28. The summed E-state index contributed by atoms with van der Waals surface area (Å²) in [5, 5.41) is 1.92. The number of alkyl halides is 3. The number of halogens is 5. The number of amides is 1. The molecular formula is C16H9Cl2F3N2O2. The van der Waals surface area contributed by atoms with Crippen molar-refractivity contribution in [2.75, 3.05) is 5.32 Å². The van der Waals surface area contributed by atoms with E-state index in [2.05, 4.69) is 10.3 Å². The van der Waals surface area contributed by atoms with Gasteiger partial charge in [0.05, 0.1) is 26.9 Å². The fraction of sp³-hybridized carbons (Fsp3) is 0.125. The zero-order valence-electron chi connectivity index (χ0n) is 12.5. The highest BCUT2D eigenvalue weighted by Gasteiger charge is 2.34. The van der Waals surface area contributed by atoms with Crippen LogP contribution in [-0.4, -0.2) is 10.9 Å². The van der Waals surface area contributed by atoms with E-state index in [9.17, 15) is 18.0 Å². The van der Waals surface area contributed by atoms with Gasteiger partial charge in [0.1, 0.15) is 5.52 Å². The lowest BCUT2D eigenvalue weighted by atomic mass is 10.1. The first kappa shape index (κ1) is 17.6. The first-order valence-electron chi connectivity index (χ1n) is 6.90. The van der Waals surface area contributed by atoms with Crippen LogP contribution in [0.5, 0.6) is 0 Å². The molecule has 0 unspecified atom stereocenters. The van der Waals surface area contributed by atoms with Gasteiger partial charge in [0, 0.05) is 13.0 Å². The number of hydrogen-bond acceptors (Lipinski definition) is 3. The number of aromatic nitrogens is 1. The molecular weight excluding hydrogens is 380 g/mol. The number of carbonyl (C=O) groups is 1. The lowest BCUT2D eigenvalue weighted by molar-refractivity contribution is -0.137. The predicted molar refractivity (Wildman–Crippen MR) is 88.2 cm³/mol. The molecule has 1 heterocycles. The normalized spacial score (nSPS) is 11.8. The molecule has 0 atom stereocenters. The Bertz CT molecular complexity index is 983. The van der Waals surface area contributed by atoms with E-state index in [-0.39, 0.29) is 16.3 Å². The molecule has 25 heavy (non-hydrogen) atoms. The van der Waals surface area contributed by atoms with Crippen molar-refractivity contribution in [3.63, 3.8) is 0 Å². The third-order valence-corrected chi connectivity index (χ3v) is 4.10. The average Bonchev–Trinajstić information content (AvgIpc) is 2.85. The summed E-state index contributed by atoms with van der Waals surface area (Å²) in [5.41, 5.74) is -0.357. The lowest BCUT2D eigenvalue weighted by Crippen LogP contribution is -2.15. The molecule has 0 aliphatic carbocycles. The molecule has 0 aliphatic rings. The van der Waals surface area contributed by atoms with Gasteiger partial charge in [0.15, 0.2) is 11.5 Å². The Morgan fingerprint density at radius 2 is 1.96 bits per heavy atom. The molecule has 0 bridgehead atoms. The molecule has 4 nitrogen and oxygen atoms in total. The van der Waals surface area contributed by atoms with Crippen LogP contribution in [0.1, 0.15) is 21.8 Å².